The predicted octanol–water partition coefficient (Wildman–Crippen LogP) is 5.27. The molecule has 0 amide bonds. The number of ketones is 1. The maximum absolute atomic E-state index is 13.1. The Morgan fingerprint density at radius 2 is 1.74 bits per heavy atom. The Kier molecular flexibility index (Phi) is 7.13. The number of imidazole rings is 1. The average molecular weight is 565 g/mol. The quantitative estimate of drug-likeness (QED) is 0.171. The number of ether oxygens (including phenoxy) is 1. The number of fused-ring (bicyclic) bond motifs is 2. The number of carbonyl (C=O) groups excluding carboxylic acids is 1. The van der Waals surface area contributed by atoms with Crippen LogP contribution in [0.2, 0.25) is 0 Å². The van der Waals surface area contributed by atoms with Crippen LogP contribution in [0.25, 0.3) is 17.0 Å². The highest BCUT2D eigenvalue weighted by Gasteiger charge is 2.50. The summed E-state index contributed by atoms with van der Waals surface area (Å²) in [6.07, 6.45) is 3.66. The number of Topliss-reactive ketones (excluding diaryl/α,β-unsaturated/α-hetero) is 1. The normalized spacial score (nSPS) is 15.6. The molecule has 204 valence electrons. The van der Waals surface area contributed by atoms with Gasteiger partial charge in [-0.2, -0.15) is 0 Å². The molecule has 0 aliphatic heterocycles. The van der Waals surface area contributed by atoms with E-state index in [1.165, 1.54) is 10.8 Å². The van der Waals surface area contributed by atoms with Crippen molar-refractivity contribution in [2.75, 3.05) is 7.11 Å². The number of carbonyl (C=O) groups is 1. The Bertz CT molecular complexity index is 1600. The molecule has 0 bridgehead atoms. The van der Waals surface area contributed by atoms with Gasteiger partial charge in [-0.15, -0.1) is 0 Å². The third kappa shape index (κ3) is 4.78. The number of benzene rings is 1. The van der Waals surface area contributed by atoms with Gasteiger partial charge in [-0.1, -0.05) is 29.1 Å². The van der Waals surface area contributed by atoms with E-state index in [1.54, 1.807) is 24.0 Å². The number of hydrogen-bond donors (Lipinski definition) is 2. The summed E-state index contributed by atoms with van der Waals surface area (Å²) in [7, 11) is 4.70. The molecule has 10 heteroatoms. The van der Waals surface area contributed by atoms with E-state index < -0.39 is 10.8 Å². The second-order valence-corrected chi connectivity index (χ2v) is 13.3. The molecule has 3 heterocycles. The van der Waals surface area contributed by atoms with Gasteiger partial charge in [0, 0.05) is 34.2 Å². The Morgan fingerprint density at radius 1 is 1.03 bits per heavy atom. The summed E-state index contributed by atoms with van der Waals surface area (Å²) in [5.41, 5.74) is 5.39. The lowest BCUT2D eigenvalue weighted by Crippen LogP contribution is -2.37. The number of aromatic amines is 2. The zero-order valence-electron chi connectivity index (χ0n) is 23.4. The van der Waals surface area contributed by atoms with Gasteiger partial charge in [0.2, 0.25) is 0 Å². The molecule has 3 aromatic heterocycles. The zero-order chi connectivity index (χ0) is 28.1. The average Bonchev–Trinajstić information content (AvgIpc) is 3.35. The lowest BCUT2D eigenvalue weighted by Gasteiger charge is -2.21. The van der Waals surface area contributed by atoms with Gasteiger partial charge in [-0.25, -0.2) is 14.5 Å². The number of H-pyrrole nitrogens is 2. The molecule has 0 saturated carbocycles. The van der Waals surface area contributed by atoms with E-state index >= 15 is 0 Å². The van der Waals surface area contributed by atoms with Crippen molar-refractivity contribution in [1.29, 1.82) is 0 Å². The van der Waals surface area contributed by atoms with E-state index in [0.29, 0.717) is 16.9 Å². The highest BCUT2D eigenvalue weighted by Crippen LogP contribution is 2.47. The molecule has 8 nitrogen and oxygen atoms in total. The Hall–Kier alpha value is -3.11. The molecule has 0 atom stereocenters. The Balaban J connectivity index is 1.50. The summed E-state index contributed by atoms with van der Waals surface area (Å²) in [6.45, 7) is 12.1. The van der Waals surface area contributed by atoms with E-state index in [9.17, 15) is 9.59 Å². The van der Waals surface area contributed by atoms with Crippen LogP contribution < -0.4 is 14.9 Å². The van der Waals surface area contributed by atoms with Gasteiger partial charge in [-0.3, -0.25) is 9.59 Å². The van der Waals surface area contributed by atoms with Crippen molar-refractivity contribution in [2.24, 2.45) is 0 Å². The maximum atomic E-state index is 13.1. The largest absolute Gasteiger partial charge is 0.496 e. The van der Waals surface area contributed by atoms with E-state index in [-0.39, 0.29) is 11.3 Å². The Labute approximate surface area is 235 Å². The maximum Gasteiger partial charge on any atom is 0.402 e. The number of nitrogens with zero attached hydrogens (tertiary/aromatic N) is 3. The van der Waals surface area contributed by atoms with Crippen LogP contribution in [-0.2, 0) is 27.8 Å². The van der Waals surface area contributed by atoms with Crippen LogP contribution in [0.3, 0.4) is 0 Å². The van der Waals surface area contributed by atoms with E-state index in [2.05, 4.69) is 34.0 Å². The number of hydrogen-bond acceptors (Lipinski definition) is 7. The van der Waals surface area contributed by atoms with Crippen molar-refractivity contribution >= 4 is 38.4 Å². The minimum absolute atomic E-state index is 0.133. The molecule has 4 aromatic rings. The molecule has 1 aromatic carbocycles. The lowest BCUT2D eigenvalue weighted by molar-refractivity contribution is -0.610. The molecule has 39 heavy (non-hydrogen) atoms. The minimum Gasteiger partial charge on any atom is -0.496 e. The first-order valence-electron chi connectivity index (χ1n) is 13.0. The van der Waals surface area contributed by atoms with Crippen molar-refractivity contribution in [3.05, 3.63) is 68.9 Å². The highest BCUT2D eigenvalue weighted by molar-refractivity contribution is 8.76. The SMILES string of the molecule is CCCc1cc(=O)[nH]c(SSCc2c(C)c(OC)cc[n+]2-c2nc3cc4c(cc3[nH]2)C(C)(C)C(=O)C4(C)C)n1. The van der Waals surface area contributed by atoms with Crippen LogP contribution in [-0.4, -0.2) is 32.8 Å². The van der Waals surface area contributed by atoms with Gasteiger partial charge in [-0.05, 0) is 75.1 Å². The number of aryl methyl sites for hydroxylation is 1. The fraction of sp³-hybridized carbons (Fsp3) is 0.414. The summed E-state index contributed by atoms with van der Waals surface area (Å²) in [6, 6.07) is 7.64. The van der Waals surface area contributed by atoms with E-state index in [4.69, 9.17) is 9.72 Å². The van der Waals surface area contributed by atoms with Gasteiger partial charge in [0.15, 0.2) is 16.5 Å². The minimum atomic E-state index is -0.557. The lowest BCUT2D eigenvalue weighted by atomic mass is 9.80. The first-order chi connectivity index (χ1) is 18.5. The molecule has 0 radical (unpaired) electrons. The zero-order valence-corrected chi connectivity index (χ0v) is 25.0. The molecule has 0 fully saturated rings. The number of aromatic nitrogens is 5. The van der Waals surface area contributed by atoms with Gasteiger partial charge in [0.1, 0.15) is 17.0 Å². The van der Waals surface area contributed by atoms with Crippen molar-refractivity contribution in [2.45, 2.75) is 76.1 Å². The van der Waals surface area contributed by atoms with E-state index in [1.807, 2.05) is 51.4 Å². The summed E-state index contributed by atoms with van der Waals surface area (Å²) in [5.74, 6) is 2.34. The predicted molar refractivity (Wildman–Crippen MR) is 156 cm³/mol. The third-order valence-corrected chi connectivity index (χ3v) is 9.66. The fourth-order valence-electron chi connectivity index (χ4n) is 5.54. The monoisotopic (exact) mass is 564 g/mol. The van der Waals surface area contributed by atoms with Gasteiger partial charge in [0.25, 0.3) is 5.56 Å². The molecule has 0 unspecified atom stereocenters. The van der Waals surface area contributed by atoms with Crippen LogP contribution in [0.1, 0.15) is 69.1 Å². The number of methoxy groups -OCH3 is 1. The summed E-state index contributed by atoms with van der Waals surface area (Å²) in [5, 5.41) is 0.598. The first-order valence-corrected chi connectivity index (χ1v) is 15.4. The Morgan fingerprint density at radius 3 is 2.44 bits per heavy atom. The smallest absolute Gasteiger partial charge is 0.402 e. The van der Waals surface area contributed by atoms with Crippen molar-refractivity contribution in [3.8, 4) is 11.7 Å². The van der Waals surface area contributed by atoms with Crippen LogP contribution in [0, 0.1) is 6.92 Å². The van der Waals surface area contributed by atoms with Crippen LogP contribution in [0.15, 0.2) is 40.4 Å². The van der Waals surface area contributed by atoms with Gasteiger partial charge < -0.3 is 9.72 Å². The molecule has 0 spiro atoms. The van der Waals surface area contributed by atoms with Gasteiger partial charge in [0.05, 0.1) is 19.1 Å². The summed E-state index contributed by atoms with van der Waals surface area (Å²) < 4.78 is 7.66. The molecular formula is C29H34N5O3S2+. The van der Waals surface area contributed by atoms with Gasteiger partial charge >= 0.3 is 5.95 Å². The van der Waals surface area contributed by atoms with E-state index in [0.717, 1.165) is 57.7 Å². The topological polar surface area (TPSA) is 105 Å². The number of pyridine rings is 1. The molecule has 5 rings (SSSR count). The van der Waals surface area contributed by atoms with Crippen LogP contribution >= 0.6 is 21.6 Å². The van der Waals surface area contributed by atoms with Crippen molar-refractivity contribution in [1.82, 2.24) is 19.9 Å². The second-order valence-electron chi connectivity index (χ2n) is 11.0. The molecule has 2 N–H and O–H groups in total. The van der Waals surface area contributed by atoms with Crippen LogP contribution in [0.5, 0.6) is 5.75 Å². The number of rotatable bonds is 8. The molecular weight excluding hydrogens is 530 g/mol. The highest BCUT2D eigenvalue weighted by atomic mass is 33.1. The fourth-order valence-corrected chi connectivity index (χ4v) is 7.56. The van der Waals surface area contributed by atoms with Crippen molar-refractivity contribution < 1.29 is 14.1 Å². The number of nitrogens with one attached hydrogen (secondary N) is 2. The standard InChI is InChI=1S/C29H33N5O3S2/c1-8-9-17-12-24(35)33-27(30-17)39-38-15-22-16(2)23(37-7)10-11-34(22)26-31-20-13-18-19(14-21(20)32-26)29(5,6)25(36)28(18,3)4/h10-14H,8-9,15H2,1-7H3,(H-,30,31,32,33,35)/p+1. The first kappa shape index (κ1) is 27.5. The molecule has 1 aliphatic rings. The van der Waals surface area contributed by atoms with Crippen molar-refractivity contribution in [3.63, 3.8) is 0 Å². The van der Waals surface area contributed by atoms with Crippen LogP contribution in [0.4, 0.5) is 0 Å². The molecule has 1 aliphatic carbocycles. The molecule has 0 saturated heterocycles. The third-order valence-electron chi connectivity index (χ3n) is 7.62. The summed E-state index contributed by atoms with van der Waals surface area (Å²) >= 11 is 0. The summed E-state index contributed by atoms with van der Waals surface area (Å²) in [4.78, 5) is 41.1. The second kappa shape index (κ2) is 10.1.